The van der Waals surface area contributed by atoms with Crippen LogP contribution >= 0.6 is 0 Å². The van der Waals surface area contributed by atoms with Crippen molar-refractivity contribution in [2.24, 2.45) is 34.0 Å². The van der Waals surface area contributed by atoms with Crippen molar-refractivity contribution in [3.63, 3.8) is 0 Å². The predicted octanol–water partition coefficient (Wildman–Crippen LogP) is 1.15. The van der Waals surface area contributed by atoms with E-state index in [2.05, 4.69) is 20.8 Å². The second-order valence-corrected chi connectivity index (χ2v) is 12.9. The van der Waals surface area contributed by atoms with E-state index in [0.717, 1.165) is 38.5 Å². The Labute approximate surface area is 201 Å². The van der Waals surface area contributed by atoms with E-state index in [-0.39, 0.29) is 28.8 Å². The molecular weight excluding hydrogens is 440 g/mol. The molecule has 6 unspecified atom stereocenters. The standard InChI is InChI=1S/C26H42O8/c1-23(2)16-6-9-25-10-14(4-5-17(25)24(16,3)8-7-18(23)28)26(32,12-25)13-33-22-21(31)20(30)19(29)15(11-27)34-22/h14-17,19-22,27,29-32H,4-13H2,1-3H3/t14?,15?,16-,17+,19?,20?,21?,22?,24-,25+,26+/m1/s1. The van der Waals surface area contributed by atoms with Crippen LogP contribution in [0.1, 0.15) is 72.1 Å². The zero-order chi connectivity index (χ0) is 24.7. The number of ether oxygens (including phenoxy) is 2. The molecule has 5 fully saturated rings. The summed E-state index contributed by atoms with van der Waals surface area (Å²) >= 11 is 0. The normalized spacial score (nSPS) is 54.4. The summed E-state index contributed by atoms with van der Waals surface area (Å²) in [7, 11) is 0. The van der Waals surface area contributed by atoms with Crippen LogP contribution in [0.2, 0.25) is 0 Å². The summed E-state index contributed by atoms with van der Waals surface area (Å²) < 4.78 is 11.3. The van der Waals surface area contributed by atoms with E-state index in [1.54, 1.807) is 0 Å². The number of hydrogen-bond donors (Lipinski definition) is 5. The predicted molar refractivity (Wildman–Crippen MR) is 121 cm³/mol. The Bertz CT molecular complexity index is 815. The van der Waals surface area contributed by atoms with Gasteiger partial charge < -0.3 is 35.0 Å². The highest BCUT2D eigenvalue weighted by Gasteiger charge is 2.68. The van der Waals surface area contributed by atoms with Crippen LogP contribution in [-0.2, 0) is 14.3 Å². The molecule has 0 amide bonds. The molecule has 0 aromatic rings. The Hall–Kier alpha value is -0.610. The first kappa shape index (κ1) is 25.1. The molecule has 5 aliphatic rings. The fraction of sp³-hybridized carbons (Fsp3) is 0.962. The zero-order valence-corrected chi connectivity index (χ0v) is 20.7. The summed E-state index contributed by atoms with van der Waals surface area (Å²) in [6, 6.07) is 0. The monoisotopic (exact) mass is 482 g/mol. The number of rotatable bonds is 4. The first-order chi connectivity index (χ1) is 15.9. The summed E-state index contributed by atoms with van der Waals surface area (Å²) in [6.07, 6.45) is 0.439. The van der Waals surface area contributed by atoms with Crippen LogP contribution in [0.25, 0.3) is 0 Å². The summed E-state index contributed by atoms with van der Waals surface area (Å²) in [5, 5.41) is 51.6. The summed E-state index contributed by atoms with van der Waals surface area (Å²) in [5.41, 5.74) is -1.24. The summed E-state index contributed by atoms with van der Waals surface area (Å²) in [6.45, 7) is 6.10. The first-order valence-electron chi connectivity index (χ1n) is 13.1. The van der Waals surface area contributed by atoms with Crippen molar-refractivity contribution in [2.75, 3.05) is 13.2 Å². The van der Waals surface area contributed by atoms with Gasteiger partial charge in [-0.05, 0) is 73.5 Å². The van der Waals surface area contributed by atoms with Crippen molar-refractivity contribution in [3.8, 4) is 0 Å². The van der Waals surface area contributed by atoms with Crippen LogP contribution in [0, 0.1) is 34.0 Å². The average Bonchev–Trinajstić information content (AvgIpc) is 2.99. The molecule has 0 aromatic heterocycles. The quantitative estimate of drug-likeness (QED) is 0.402. The van der Waals surface area contributed by atoms with Gasteiger partial charge in [0.05, 0.1) is 18.8 Å². The Morgan fingerprint density at radius 3 is 2.44 bits per heavy atom. The number of Topliss-reactive ketones (excluding diaryl/α,β-unsaturated/α-hetero) is 1. The second kappa shape index (κ2) is 8.20. The largest absolute Gasteiger partial charge is 0.394 e. The van der Waals surface area contributed by atoms with E-state index in [4.69, 9.17) is 9.47 Å². The number of aliphatic hydroxyl groups excluding tert-OH is 4. The van der Waals surface area contributed by atoms with Gasteiger partial charge in [0.25, 0.3) is 0 Å². The van der Waals surface area contributed by atoms with Crippen LogP contribution in [0.4, 0.5) is 0 Å². The topological polar surface area (TPSA) is 137 Å². The molecule has 1 saturated heterocycles. The number of ketones is 1. The van der Waals surface area contributed by atoms with Crippen molar-refractivity contribution in [1.82, 2.24) is 0 Å². The van der Waals surface area contributed by atoms with Gasteiger partial charge >= 0.3 is 0 Å². The van der Waals surface area contributed by atoms with Crippen LogP contribution < -0.4 is 0 Å². The molecule has 0 radical (unpaired) electrons. The van der Waals surface area contributed by atoms with Gasteiger partial charge in [-0.25, -0.2) is 0 Å². The van der Waals surface area contributed by atoms with Crippen molar-refractivity contribution >= 4 is 5.78 Å². The van der Waals surface area contributed by atoms with E-state index >= 15 is 0 Å². The molecule has 2 bridgehead atoms. The van der Waals surface area contributed by atoms with Gasteiger partial charge in [-0.15, -0.1) is 0 Å². The number of carbonyl (C=O) groups excluding carboxylic acids is 1. The van der Waals surface area contributed by atoms with E-state index in [1.807, 2.05) is 0 Å². The summed E-state index contributed by atoms with van der Waals surface area (Å²) in [4.78, 5) is 12.7. The Morgan fingerprint density at radius 2 is 1.74 bits per heavy atom. The van der Waals surface area contributed by atoms with Gasteiger partial charge in [0.15, 0.2) is 6.29 Å². The van der Waals surface area contributed by atoms with Crippen LogP contribution in [-0.4, -0.2) is 80.8 Å². The van der Waals surface area contributed by atoms with Gasteiger partial charge in [0.2, 0.25) is 0 Å². The molecule has 4 saturated carbocycles. The molecule has 1 aliphatic heterocycles. The molecule has 194 valence electrons. The molecule has 0 aromatic carbocycles. The number of aliphatic hydroxyl groups is 5. The number of hydrogen-bond acceptors (Lipinski definition) is 8. The van der Waals surface area contributed by atoms with Crippen molar-refractivity contribution in [1.29, 1.82) is 0 Å². The third kappa shape index (κ3) is 3.47. The van der Waals surface area contributed by atoms with Crippen LogP contribution in [0.3, 0.4) is 0 Å². The maximum atomic E-state index is 12.7. The molecule has 4 aliphatic carbocycles. The van der Waals surface area contributed by atoms with E-state index in [1.165, 1.54) is 0 Å². The first-order valence-corrected chi connectivity index (χ1v) is 13.1. The molecule has 1 spiro atoms. The third-order valence-corrected chi connectivity index (χ3v) is 11.0. The van der Waals surface area contributed by atoms with Crippen LogP contribution in [0.5, 0.6) is 0 Å². The second-order valence-electron chi connectivity index (χ2n) is 12.9. The lowest BCUT2D eigenvalue weighted by Gasteiger charge is -2.63. The van der Waals surface area contributed by atoms with Gasteiger partial charge in [-0.3, -0.25) is 4.79 Å². The molecule has 5 N–H and O–H groups in total. The highest BCUT2D eigenvalue weighted by molar-refractivity contribution is 5.85. The lowest BCUT2D eigenvalue weighted by molar-refractivity contribution is -0.310. The molecular formula is C26H42O8. The average molecular weight is 483 g/mol. The lowest BCUT2D eigenvalue weighted by Crippen LogP contribution is -2.59. The van der Waals surface area contributed by atoms with E-state index < -0.39 is 42.9 Å². The van der Waals surface area contributed by atoms with E-state index in [0.29, 0.717) is 30.5 Å². The fourth-order valence-corrected chi connectivity index (χ4v) is 9.25. The molecule has 34 heavy (non-hydrogen) atoms. The minimum absolute atomic E-state index is 0.0259. The van der Waals surface area contributed by atoms with Gasteiger partial charge in [-0.2, -0.15) is 0 Å². The Kier molecular flexibility index (Phi) is 6.04. The Morgan fingerprint density at radius 1 is 1.00 bits per heavy atom. The van der Waals surface area contributed by atoms with Crippen molar-refractivity contribution < 1.29 is 39.8 Å². The molecule has 11 atom stereocenters. The maximum Gasteiger partial charge on any atom is 0.186 e. The zero-order valence-electron chi connectivity index (χ0n) is 20.7. The molecule has 8 nitrogen and oxygen atoms in total. The SMILES string of the molecule is CC1(C)C(=O)CC[C@]2(C)[C@@H]1CC[C@@]13CC(CC[C@H]12)[C@@](O)(COC1OC(CO)C(O)C(O)C1O)C3. The molecule has 5 rings (SSSR count). The summed E-state index contributed by atoms with van der Waals surface area (Å²) in [5.74, 6) is 1.30. The molecule has 1 heterocycles. The van der Waals surface area contributed by atoms with E-state index in [9.17, 15) is 30.3 Å². The van der Waals surface area contributed by atoms with Crippen LogP contribution in [0.15, 0.2) is 0 Å². The highest BCUT2D eigenvalue weighted by atomic mass is 16.7. The third-order valence-electron chi connectivity index (χ3n) is 11.0. The van der Waals surface area contributed by atoms with Gasteiger partial charge in [0, 0.05) is 11.8 Å². The fourth-order valence-electron chi connectivity index (χ4n) is 9.25. The smallest absolute Gasteiger partial charge is 0.186 e. The van der Waals surface area contributed by atoms with Gasteiger partial charge in [-0.1, -0.05) is 20.8 Å². The Balaban J connectivity index is 1.33. The van der Waals surface area contributed by atoms with Crippen molar-refractivity contribution in [3.05, 3.63) is 0 Å². The number of fused-ring (bicyclic) bond motifs is 3. The minimum atomic E-state index is -1.50. The van der Waals surface area contributed by atoms with Gasteiger partial charge in [0.1, 0.15) is 30.2 Å². The lowest BCUT2D eigenvalue weighted by atomic mass is 9.41. The molecule has 8 heteroatoms. The highest BCUT2D eigenvalue weighted by Crippen LogP contribution is 2.72. The minimum Gasteiger partial charge on any atom is -0.394 e. The number of carbonyl (C=O) groups is 1. The van der Waals surface area contributed by atoms with Crippen molar-refractivity contribution in [2.45, 2.75) is 108 Å². The maximum absolute atomic E-state index is 12.7.